The first-order valence-electron chi connectivity index (χ1n) is 38.6. The molecule has 4 nitrogen and oxygen atoms in total. The summed E-state index contributed by atoms with van der Waals surface area (Å²) in [5.41, 5.74) is 28.9. The van der Waals surface area contributed by atoms with Crippen molar-refractivity contribution in [3.63, 3.8) is 0 Å². The fraction of sp³-hybridized carbons (Fsp3) is 0.0185. The summed E-state index contributed by atoms with van der Waals surface area (Å²) in [5, 5.41) is 15.0. The Labute approximate surface area is 652 Å². The first-order valence-corrected chi connectivity index (χ1v) is 38.6. The second-order valence-corrected chi connectivity index (χ2v) is 29.1. The van der Waals surface area contributed by atoms with Gasteiger partial charge < -0.3 is 18.9 Å². The predicted octanol–water partition coefficient (Wildman–Crippen LogP) is 30.1. The Morgan fingerprint density at radius 2 is 0.420 bits per heavy atom. The molecule has 528 valence electrons. The van der Waals surface area contributed by atoms with E-state index in [2.05, 4.69) is 457 Å². The molecule has 21 rings (SSSR count). The fourth-order valence-electron chi connectivity index (χ4n) is 17.6. The van der Waals surface area contributed by atoms with Crippen LogP contribution in [0.25, 0.3) is 154 Å². The highest BCUT2D eigenvalue weighted by Gasteiger charge is 2.24. The Bertz CT molecular complexity index is 6910. The average Bonchev–Trinajstić information content (AvgIpc) is 1.23. The minimum absolute atomic E-state index is 1.12. The van der Waals surface area contributed by atoms with E-state index in [-0.39, 0.29) is 0 Å². The van der Waals surface area contributed by atoms with Crippen LogP contribution in [-0.4, -0.2) is 9.13 Å². The summed E-state index contributed by atoms with van der Waals surface area (Å²) >= 11 is 0. The maximum Gasteiger partial charge on any atom is 0.0542 e. The quantitative estimate of drug-likeness (QED) is 0.107. The van der Waals surface area contributed by atoms with Gasteiger partial charge in [-0.1, -0.05) is 303 Å². The number of para-hydroxylation sites is 6. The summed E-state index contributed by atoms with van der Waals surface area (Å²) in [7, 11) is 0. The summed E-state index contributed by atoms with van der Waals surface area (Å²) in [6.45, 7) is 4.39. The van der Waals surface area contributed by atoms with Gasteiger partial charge in [-0.05, 0) is 245 Å². The van der Waals surface area contributed by atoms with Crippen molar-refractivity contribution in [2.24, 2.45) is 0 Å². The Morgan fingerprint density at radius 3 is 0.750 bits per heavy atom. The molecule has 0 aliphatic heterocycles. The minimum Gasteiger partial charge on any atom is -0.310 e. The summed E-state index contributed by atoms with van der Waals surface area (Å²) in [4.78, 5) is 4.67. The fourth-order valence-corrected chi connectivity index (χ4v) is 17.6. The molecule has 112 heavy (non-hydrogen) atoms. The average molecular weight is 1430 g/mol. The molecule has 2 aromatic heterocycles. The molecule has 0 bridgehead atoms. The van der Waals surface area contributed by atoms with Crippen LogP contribution in [0.3, 0.4) is 0 Å². The molecular weight excluding hydrogens is 1350 g/mol. The van der Waals surface area contributed by atoms with Crippen LogP contribution in [0.2, 0.25) is 0 Å². The first kappa shape index (κ1) is 66.8. The van der Waals surface area contributed by atoms with Gasteiger partial charge >= 0.3 is 0 Å². The molecule has 0 N–H and O–H groups in total. The Kier molecular flexibility index (Phi) is 17.0. The molecule has 2 heterocycles. The van der Waals surface area contributed by atoms with E-state index in [1.54, 1.807) is 0 Å². The zero-order valence-electron chi connectivity index (χ0n) is 62.2. The van der Waals surface area contributed by atoms with Crippen LogP contribution in [0.4, 0.5) is 34.1 Å². The van der Waals surface area contributed by atoms with Crippen molar-refractivity contribution in [1.29, 1.82) is 0 Å². The van der Waals surface area contributed by atoms with Crippen molar-refractivity contribution in [2.75, 3.05) is 9.80 Å². The predicted molar refractivity (Wildman–Crippen MR) is 478 cm³/mol. The molecule has 0 radical (unpaired) electrons. The number of nitrogens with zero attached hydrogens (tertiary/aromatic N) is 4. The number of aromatic nitrogens is 2. The van der Waals surface area contributed by atoms with Gasteiger partial charge in [0, 0.05) is 67.0 Å². The normalized spacial score (nSPS) is 11.5. The number of hydrogen-bond donors (Lipinski definition) is 0. The topological polar surface area (TPSA) is 16.3 Å². The van der Waals surface area contributed by atoms with E-state index in [1.807, 2.05) is 0 Å². The van der Waals surface area contributed by atoms with Crippen molar-refractivity contribution in [3.05, 3.63) is 436 Å². The van der Waals surface area contributed by atoms with Crippen LogP contribution in [0.1, 0.15) is 11.1 Å². The molecule has 0 amide bonds. The Morgan fingerprint density at radius 1 is 0.170 bits per heavy atom. The number of benzene rings is 19. The third-order valence-electron chi connectivity index (χ3n) is 22.6. The molecule has 0 unspecified atom stereocenters. The van der Waals surface area contributed by atoms with E-state index in [4.69, 9.17) is 0 Å². The number of anilines is 6. The van der Waals surface area contributed by atoms with Crippen LogP contribution in [0, 0.1) is 13.8 Å². The molecule has 0 atom stereocenters. The third-order valence-corrected chi connectivity index (χ3v) is 22.6. The van der Waals surface area contributed by atoms with Gasteiger partial charge in [-0.3, -0.25) is 0 Å². The minimum atomic E-state index is 1.12. The van der Waals surface area contributed by atoms with E-state index in [1.165, 1.54) is 153 Å². The largest absolute Gasteiger partial charge is 0.310 e. The van der Waals surface area contributed by atoms with Gasteiger partial charge in [-0.15, -0.1) is 0 Å². The van der Waals surface area contributed by atoms with E-state index in [0.717, 1.165) is 45.5 Å². The summed E-state index contributed by atoms with van der Waals surface area (Å²) < 4.78 is 4.82. The summed E-state index contributed by atoms with van der Waals surface area (Å²) in [6, 6.07) is 154. The first-order chi connectivity index (χ1) is 55.5. The molecule has 0 fully saturated rings. The van der Waals surface area contributed by atoms with Crippen LogP contribution in [0.5, 0.6) is 0 Å². The SMILES string of the molecule is Cc1ccccc1-c1c2ccccc2c(-c2ccc(-n3c4ccccc4c4cc(N(c5ccccc5)c5ccccc5)ccc43)cc2)c2ccccc12.Cc1ccccc1-c1ccc(-c2c3ccccc3c(-c3ccc(-n4c5ccccc5c5cc(N(c6ccccc6)c6ccccc6)ccc54)cc3)c3ccccc23)cc1. The molecule has 0 saturated carbocycles. The van der Waals surface area contributed by atoms with E-state index >= 15 is 0 Å². The lowest BCUT2D eigenvalue weighted by Gasteiger charge is -2.25. The Hall–Kier alpha value is -14.6. The van der Waals surface area contributed by atoms with Gasteiger partial charge in [0.2, 0.25) is 0 Å². The highest BCUT2D eigenvalue weighted by molar-refractivity contribution is 6.23. The van der Waals surface area contributed by atoms with Crippen LogP contribution < -0.4 is 9.80 Å². The van der Waals surface area contributed by atoms with Gasteiger partial charge in [-0.2, -0.15) is 0 Å². The second-order valence-electron chi connectivity index (χ2n) is 29.1. The van der Waals surface area contributed by atoms with E-state index in [9.17, 15) is 0 Å². The van der Waals surface area contributed by atoms with Crippen molar-refractivity contribution in [2.45, 2.75) is 13.8 Å². The second kappa shape index (κ2) is 28.5. The number of aryl methyl sites for hydroxylation is 2. The van der Waals surface area contributed by atoms with Crippen molar-refractivity contribution >= 4 is 121 Å². The van der Waals surface area contributed by atoms with Gasteiger partial charge in [0.25, 0.3) is 0 Å². The molecule has 21 aromatic rings. The molecule has 19 aromatic carbocycles. The zero-order valence-corrected chi connectivity index (χ0v) is 62.2. The number of rotatable bonds is 13. The number of fused-ring (bicyclic) bond motifs is 10. The van der Waals surface area contributed by atoms with Gasteiger partial charge in [-0.25, -0.2) is 0 Å². The zero-order chi connectivity index (χ0) is 74.6. The van der Waals surface area contributed by atoms with Crippen molar-refractivity contribution in [3.8, 4) is 67.0 Å². The Balaban J connectivity index is 0.000000147. The lowest BCUT2D eigenvalue weighted by Crippen LogP contribution is -2.09. The maximum atomic E-state index is 2.41. The molecule has 0 aliphatic carbocycles. The smallest absolute Gasteiger partial charge is 0.0542 e. The van der Waals surface area contributed by atoms with E-state index < -0.39 is 0 Å². The molecule has 0 aliphatic rings. The molecule has 0 saturated heterocycles. The van der Waals surface area contributed by atoms with Crippen molar-refractivity contribution < 1.29 is 0 Å². The highest BCUT2D eigenvalue weighted by atomic mass is 15.1. The van der Waals surface area contributed by atoms with Crippen LogP contribution >= 0.6 is 0 Å². The maximum absolute atomic E-state index is 2.41. The van der Waals surface area contributed by atoms with Crippen LogP contribution in [0.15, 0.2) is 425 Å². The monoisotopic (exact) mass is 1430 g/mol. The standard InChI is InChI=1S/C57H40N2.C51H36N2/c1-39-16-8-9-21-47(39)40-28-30-41(31-29-40)56-49-23-10-12-25-51(49)57(52-26-13-11-24-50(52)56)42-32-34-45(35-33-42)59-54-27-15-14-22-48(54)53-38-46(36-37-55(53)59)58(43-17-4-2-5-18-43)44-19-6-3-7-20-44;1-35-16-8-9-21-41(35)51-45-25-12-10-23-43(45)50(44-24-11-13-26-46(44)51)36-28-30-39(31-29-36)53-48-27-15-14-22-42(48)47-34-40(32-33-49(47)53)52(37-17-4-2-5-18-37)38-19-6-3-7-20-38/h2-38H,1H3;2-34H,1H3. The summed E-state index contributed by atoms with van der Waals surface area (Å²) in [5.74, 6) is 0. The van der Waals surface area contributed by atoms with Crippen LogP contribution in [-0.2, 0) is 0 Å². The lowest BCUT2D eigenvalue weighted by molar-refractivity contribution is 1.18. The van der Waals surface area contributed by atoms with Gasteiger partial charge in [0.15, 0.2) is 0 Å². The van der Waals surface area contributed by atoms with Crippen molar-refractivity contribution in [1.82, 2.24) is 9.13 Å². The van der Waals surface area contributed by atoms with Gasteiger partial charge in [0.05, 0.1) is 22.1 Å². The lowest BCUT2D eigenvalue weighted by atomic mass is 9.85. The number of hydrogen-bond acceptors (Lipinski definition) is 2. The third kappa shape index (κ3) is 11.7. The molecular formula is C108H76N4. The summed E-state index contributed by atoms with van der Waals surface area (Å²) in [6.07, 6.45) is 0. The van der Waals surface area contributed by atoms with Gasteiger partial charge in [0.1, 0.15) is 0 Å². The highest BCUT2D eigenvalue weighted by Crippen LogP contribution is 2.49. The van der Waals surface area contributed by atoms with E-state index in [0.29, 0.717) is 0 Å². The molecule has 4 heteroatoms. The molecule has 0 spiro atoms.